The highest BCUT2D eigenvalue weighted by Gasteiger charge is 2.34. The van der Waals surface area contributed by atoms with E-state index < -0.39 is 48.5 Å². The Kier molecular flexibility index (Phi) is 8.18. The zero-order valence-electron chi connectivity index (χ0n) is 19.0. The molecule has 34 heavy (non-hydrogen) atoms. The van der Waals surface area contributed by atoms with Gasteiger partial charge in [0, 0.05) is 25.6 Å². The van der Waals surface area contributed by atoms with E-state index in [2.05, 4.69) is 10.3 Å². The van der Waals surface area contributed by atoms with Crippen molar-refractivity contribution >= 4 is 23.8 Å². The summed E-state index contributed by atoms with van der Waals surface area (Å²) < 4.78 is 21.0. The normalized spacial score (nSPS) is 20.6. The number of aromatic nitrogens is 1. The molecule has 1 N–H and O–H groups in total. The number of esters is 3. The van der Waals surface area contributed by atoms with Crippen molar-refractivity contribution in [3.05, 3.63) is 60.3 Å². The molecule has 1 aromatic carbocycles. The van der Waals surface area contributed by atoms with Crippen molar-refractivity contribution in [1.29, 1.82) is 0 Å². The van der Waals surface area contributed by atoms with Gasteiger partial charge in [0.15, 0.2) is 17.5 Å². The van der Waals surface area contributed by atoms with E-state index >= 15 is 0 Å². The molecular weight excluding hydrogens is 444 g/mol. The summed E-state index contributed by atoms with van der Waals surface area (Å²) >= 11 is 0. The molecule has 1 fully saturated rings. The first kappa shape index (κ1) is 24.7. The Balaban J connectivity index is 1.77. The van der Waals surface area contributed by atoms with Crippen molar-refractivity contribution in [3.63, 3.8) is 0 Å². The van der Waals surface area contributed by atoms with E-state index in [9.17, 15) is 19.2 Å². The van der Waals surface area contributed by atoms with Crippen LogP contribution in [0.15, 0.2) is 42.6 Å². The summed E-state index contributed by atoms with van der Waals surface area (Å²) in [5.41, 5.74) is 0.639. The van der Waals surface area contributed by atoms with Crippen LogP contribution < -0.4 is 14.8 Å². The first-order valence-electron chi connectivity index (χ1n) is 10.6. The molecule has 3 atom stereocenters. The lowest BCUT2D eigenvalue weighted by Crippen LogP contribution is -2.46. The van der Waals surface area contributed by atoms with Crippen LogP contribution in [0.1, 0.15) is 29.9 Å². The fourth-order valence-corrected chi connectivity index (χ4v) is 3.39. The van der Waals surface area contributed by atoms with E-state index in [1.165, 1.54) is 19.4 Å². The minimum Gasteiger partial charge on any atom is -0.493 e. The molecule has 1 aliphatic heterocycles. The van der Waals surface area contributed by atoms with Gasteiger partial charge in [0.1, 0.15) is 12.7 Å². The van der Waals surface area contributed by atoms with Crippen molar-refractivity contribution in [2.75, 3.05) is 13.7 Å². The minimum atomic E-state index is -1.30. The maximum atomic E-state index is 12.9. The van der Waals surface area contributed by atoms with E-state index in [0.29, 0.717) is 6.42 Å². The van der Waals surface area contributed by atoms with Crippen LogP contribution in [0.5, 0.6) is 11.5 Å². The SMILES string of the molecule is COc1ccnc(C(=O)N[C@H]2COC(=O)[C@H](Cc3ccccc3)[CH][C@H](C)OC2=O)c1OC(C)=O. The number of carbonyl (C=O) groups excluding carboxylic acids is 4. The highest BCUT2D eigenvalue weighted by atomic mass is 16.6. The van der Waals surface area contributed by atoms with Crippen LogP contribution in [0, 0.1) is 12.3 Å². The molecule has 1 aromatic heterocycles. The molecule has 3 rings (SSSR count). The standard InChI is InChI=1S/C24H25N2O8/c1-14-11-17(12-16-7-5-4-6-8-16)23(29)32-13-18(24(30)33-14)26-22(28)20-21(34-15(2)27)19(31-3)9-10-25-20/h4-11,14,17-18H,12-13H2,1-3H3,(H,26,28)/t14-,17-,18-/m0/s1. The third-order valence-corrected chi connectivity index (χ3v) is 4.94. The van der Waals surface area contributed by atoms with Gasteiger partial charge in [-0.15, -0.1) is 0 Å². The number of rotatable bonds is 6. The number of benzene rings is 1. The van der Waals surface area contributed by atoms with Gasteiger partial charge in [-0.1, -0.05) is 30.3 Å². The third-order valence-electron chi connectivity index (χ3n) is 4.94. The van der Waals surface area contributed by atoms with Gasteiger partial charge in [-0.3, -0.25) is 14.4 Å². The largest absolute Gasteiger partial charge is 0.493 e. The molecule has 10 nitrogen and oxygen atoms in total. The van der Waals surface area contributed by atoms with Gasteiger partial charge in [-0.05, 0) is 18.9 Å². The molecule has 1 radical (unpaired) electrons. The minimum absolute atomic E-state index is 0.103. The maximum Gasteiger partial charge on any atom is 0.332 e. The van der Waals surface area contributed by atoms with E-state index in [1.54, 1.807) is 13.3 Å². The summed E-state index contributed by atoms with van der Waals surface area (Å²) in [5.74, 6) is -3.61. The topological polar surface area (TPSA) is 130 Å². The highest BCUT2D eigenvalue weighted by molar-refractivity contribution is 5.98. The Bertz CT molecular complexity index is 1060. The predicted octanol–water partition coefficient (Wildman–Crippen LogP) is 1.67. The molecule has 0 spiro atoms. The molecule has 2 heterocycles. The van der Waals surface area contributed by atoms with Gasteiger partial charge >= 0.3 is 17.9 Å². The summed E-state index contributed by atoms with van der Waals surface area (Å²) in [5, 5.41) is 2.44. The number of nitrogens with one attached hydrogen (secondary N) is 1. The van der Waals surface area contributed by atoms with Gasteiger partial charge < -0.3 is 24.3 Å². The smallest absolute Gasteiger partial charge is 0.332 e. The second-order valence-corrected chi connectivity index (χ2v) is 7.57. The lowest BCUT2D eigenvalue weighted by Gasteiger charge is -2.19. The van der Waals surface area contributed by atoms with Gasteiger partial charge in [0.05, 0.1) is 13.0 Å². The Labute approximate surface area is 196 Å². The zero-order valence-corrected chi connectivity index (χ0v) is 19.0. The first-order valence-corrected chi connectivity index (χ1v) is 10.6. The molecule has 0 unspecified atom stereocenters. The average Bonchev–Trinajstić information content (AvgIpc) is 2.84. The second kappa shape index (κ2) is 11.3. The number of ether oxygens (including phenoxy) is 4. The predicted molar refractivity (Wildman–Crippen MR) is 118 cm³/mol. The van der Waals surface area contributed by atoms with E-state index in [0.717, 1.165) is 12.5 Å². The third kappa shape index (κ3) is 6.31. The van der Waals surface area contributed by atoms with Gasteiger partial charge in [-0.25, -0.2) is 9.78 Å². The van der Waals surface area contributed by atoms with E-state index in [1.807, 2.05) is 30.3 Å². The van der Waals surface area contributed by atoms with Crippen LogP contribution in [-0.4, -0.2) is 54.7 Å². The number of nitrogens with zero attached hydrogens (tertiary/aromatic N) is 1. The Morgan fingerprint density at radius 2 is 1.88 bits per heavy atom. The van der Waals surface area contributed by atoms with Gasteiger partial charge in [-0.2, -0.15) is 0 Å². The Morgan fingerprint density at radius 3 is 2.56 bits per heavy atom. The quantitative estimate of drug-likeness (QED) is 0.628. The molecule has 2 aromatic rings. The van der Waals surface area contributed by atoms with Crippen LogP contribution in [0.4, 0.5) is 0 Å². The van der Waals surface area contributed by atoms with Crippen LogP contribution in [0.3, 0.4) is 0 Å². The molecule has 0 saturated carbocycles. The number of hydrogen-bond acceptors (Lipinski definition) is 9. The fraction of sp³-hybridized carbons (Fsp3) is 0.333. The fourth-order valence-electron chi connectivity index (χ4n) is 3.39. The molecule has 179 valence electrons. The summed E-state index contributed by atoms with van der Waals surface area (Å²) in [7, 11) is 1.34. The molecule has 10 heteroatoms. The average molecular weight is 469 g/mol. The van der Waals surface area contributed by atoms with Crippen LogP contribution >= 0.6 is 0 Å². The summed E-state index contributed by atoms with van der Waals surface area (Å²) in [6.07, 6.45) is 2.54. The first-order chi connectivity index (χ1) is 16.3. The number of cyclic esters (lactones) is 2. The lowest BCUT2D eigenvalue weighted by molar-refractivity contribution is -0.152. The number of carbonyl (C=O) groups is 4. The van der Waals surface area contributed by atoms with Crippen molar-refractivity contribution in [1.82, 2.24) is 10.3 Å². The van der Waals surface area contributed by atoms with Crippen molar-refractivity contribution in [3.8, 4) is 11.5 Å². The highest BCUT2D eigenvalue weighted by Crippen LogP contribution is 2.29. The van der Waals surface area contributed by atoms with Crippen LogP contribution in [0.25, 0.3) is 0 Å². The Morgan fingerprint density at radius 1 is 1.15 bits per heavy atom. The monoisotopic (exact) mass is 469 g/mol. The number of amides is 1. The van der Waals surface area contributed by atoms with E-state index in [-0.39, 0.29) is 17.2 Å². The van der Waals surface area contributed by atoms with Crippen molar-refractivity contribution in [2.24, 2.45) is 5.92 Å². The Hall–Kier alpha value is -3.95. The summed E-state index contributed by atoms with van der Waals surface area (Å²) in [4.78, 5) is 53.7. The molecule has 1 aliphatic rings. The summed E-state index contributed by atoms with van der Waals surface area (Å²) in [6.45, 7) is 2.34. The van der Waals surface area contributed by atoms with E-state index in [4.69, 9.17) is 18.9 Å². The van der Waals surface area contributed by atoms with Crippen molar-refractivity contribution in [2.45, 2.75) is 32.4 Å². The number of hydrogen-bond donors (Lipinski definition) is 1. The number of pyridine rings is 1. The molecular formula is C24H25N2O8. The maximum absolute atomic E-state index is 12.9. The molecule has 0 bridgehead atoms. The number of methoxy groups -OCH3 is 1. The van der Waals surface area contributed by atoms with Crippen LogP contribution in [0.2, 0.25) is 0 Å². The van der Waals surface area contributed by atoms with Crippen LogP contribution in [-0.2, 0) is 30.3 Å². The van der Waals surface area contributed by atoms with Crippen molar-refractivity contribution < 1.29 is 38.1 Å². The molecule has 1 saturated heterocycles. The lowest BCUT2D eigenvalue weighted by atomic mass is 9.94. The zero-order chi connectivity index (χ0) is 24.7. The second-order valence-electron chi connectivity index (χ2n) is 7.57. The molecule has 1 amide bonds. The van der Waals surface area contributed by atoms with Gasteiger partial charge in [0.2, 0.25) is 5.75 Å². The van der Waals surface area contributed by atoms with Gasteiger partial charge in [0.25, 0.3) is 5.91 Å². The molecule has 0 aliphatic carbocycles. The summed E-state index contributed by atoms with van der Waals surface area (Å²) in [6, 6.07) is 9.47.